The van der Waals surface area contributed by atoms with Gasteiger partial charge in [0.05, 0.1) is 28.7 Å². The van der Waals surface area contributed by atoms with Crippen molar-refractivity contribution in [3.63, 3.8) is 0 Å². The molecule has 0 unspecified atom stereocenters. The molecule has 8 aromatic rings. The summed E-state index contributed by atoms with van der Waals surface area (Å²) in [4.78, 5) is 33.1. The van der Waals surface area contributed by atoms with Gasteiger partial charge in [-0.25, -0.2) is 9.41 Å². The second-order valence-electron chi connectivity index (χ2n) is 11.2. The lowest BCUT2D eigenvalue weighted by molar-refractivity contribution is 0.927. The van der Waals surface area contributed by atoms with Gasteiger partial charge in [-0.15, -0.1) is 11.3 Å². The molecular formula is C38H22N4O2S. The van der Waals surface area contributed by atoms with E-state index in [9.17, 15) is 9.59 Å². The van der Waals surface area contributed by atoms with Gasteiger partial charge in [-0.3, -0.25) is 9.59 Å². The third kappa shape index (κ3) is 3.60. The normalized spacial score (nSPS) is 13.2. The minimum atomic E-state index is -0.371. The lowest BCUT2D eigenvalue weighted by Crippen LogP contribution is -2.30. The Hall–Kier alpha value is -5.97. The number of dihydropyridines is 1. The Labute approximate surface area is 259 Å². The SMILES string of the molecule is [C-]#[N+]c1ccc2c(c1)sc1cc3c(cc12)c(=O)n(C1=CNCC=C1)c(=O)c1c3ccc2c1c1ccccc1n2-c1ccccc1. The quantitative estimate of drug-likeness (QED) is 0.203. The smallest absolute Gasteiger partial charge is 0.266 e. The number of rotatable bonds is 2. The predicted molar refractivity (Wildman–Crippen MR) is 187 cm³/mol. The Bertz CT molecular complexity index is 2810. The number of hydrogen-bond donors (Lipinski definition) is 1. The molecular weight excluding hydrogens is 577 g/mol. The van der Waals surface area contributed by atoms with E-state index in [1.165, 1.54) is 4.57 Å². The van der Waals surface area contributed by atoms with Gasteiger partial charge >= 0.3 is 0 Å². The number of nitrogens with one attached hydrogen (secondary N) is 1. The van der Waals surface area contributed by atoms with Crippen LogP contribution < -0.4 is 16.4 Å². The summed E-state index contributed by atoms with van der Waals surface area (Å²) >= 11 is 1.59. The molecule has 3 aromatic heterocycles. The summed E-state index contributed by atoms with van der Waals surface area (Å²) in [6.07, 6.45) is 5.47. The molecule has 4 heterocycles. The minimum absolute atomic E-state index is 0.359. The van der Waals surface area contributed by atoms with E-state index >= 15 is 0 Å². The Kier molecular flexibility index (Phi) is 5.40. The summed E-state index contributed by atoms with van der Waals surface area (Å²) in [6.45, 7) is 8.09. The van der Waals surface area contributed by atoms with Crippen LogP contribution in [0.2, 0.25) is 0 Å². The highest BCUT2D eigenvalue weighted by atomic mass is 32.1. The molecule has 1 aliphatic rings. The van der Waals surface area contributed by atoms with Crippen LogP contribution >= 0.6 is 11.3 Å². The van der Waals surface area contributed by atoms with Crippen LogP contribution in [0.5, 0.6) is 0 Å². The highest BCUT2D eigenvalue weighted by molar-refractivity contribution is 7.26. The molecule has 0 fully saturated rings. The summed E-state index contributed by atoms with van der Waals surface area (Å²) in [7, 11) is 0. The van der Waals surface area contributed by atoms with Crippen molar-refractivity contribution in [2.45, 2.75) is 0 Å². The largest absolute Gasteiger partial charge is 0.386 e. The number of benzene rings is 5. The van der Waals surface area contributed by atoms with Crippen LogP contribution in [0.3, 0.4) is 0 Å². The Morgan fingerprint density at radius 1 is 0.667 bits per heavy atom. The Balaban J connectivity index is 1.55. The number of para-hydroxylation sites is 2. The van der Waals surface area contributed by atoms with Crippen molar-refractivity contribution in [1.82, 2.24) is 14.5 Å². The number of nitrogens with zero attached hydrogens (tertiary/aromatic N) is 3. The number of hydrogen-bond acceptors (Lipinski definition) is 4. The summed E-state index contributed by atoms with van der Waals surface area (Å²) in [6, 6.07) is 31.9. The lowest BCUT2D eigenvalue weighted by Gasteiger charge is -2.09. The molecule has 1 N–H and O–H groups in total. The van der Waals surface area contributed by atoms with Crippen molar-refractivity contribution in [3.05, 3.63) is 148 Å². The molecule has 5 aromatic carbocycles. The van der Waals surface area contributed by atoms with Crippen LogP contribution in [0.15, 0.2) is 125 Å². The van der Waals surface area contributed by atoms with Crippen LogP contribution in [0, 0.1) is 6.57 Å². The van der Waals surface area contributed by atoms with Crippen molar-refractivity contribution in [1.29, 1.82) is 0 Å². The van der Waals surface area contributed by atoms with Gasteiger partial charge in [0.25, 0.3) is 11.1 Å². The van der Waals surface area contributed by atoms with Gasteiger partial charge in [0.15, 0.2) is 5.69 Å². The van der Waals surface area contributed by atoms with E-state index in [0.29, 0.717) is 28.7 Å². The van der Waals surface area contributed by atoms with Gasteiger partial charge in [-0.2, -0.15) is 0 Å². The van der Waals surface area contributed by atoms with E-state index in [1.54, 1.807) is 17.5 Å². The first-order valence-electron chi connectivity index (χ1n) is 14.6. The van der Waals surface area contributed by atoms with Gasteiger partial charge in [0.2, 0.25) is 0 Å². The van der Waals surface area contributed by atoms with Crippen LogP contribution in [-0.4, -0.2) is 15.7 Å². The van der Waals surface area contributed by atoms with E-state index in [2.05, 4.69) is 39.0 Å². The maximum Gasteiger partial charge on any atom is 0.266 e. The van der Waals surface area contributed by atoms with E-state index in [1.807, 2.05) is 84.9 Å². The minimum Gasteiger partial charge on any atom is -0.386 e. The number of allylic oxidation sites excluding steroid dienone is 2. The second-order valence-corrected chi connectivity index (χ2v) is 12.3. The molecule has 0 atom stereocenters. The Morgan fingerprint density at radius 3 is 2.29 bits per heavy atom. The zero-order chi connectivity index (χ0) is 30.2. The Morgan fingerprint density at radius 2 is 1.47 bits per heavy atom. The lowest BCUT2D eigenvalue weighted by atomic mass is 10.0. The number of thiophene rings is 1. The average Bonchev–Trinajstić information content (AvgIpc) is 3.60. The molecule has 0 spiro atoms. The van der Waals surface area contributed by atoms with Gasteiger partial charge in [-0.1, -0.05) is 60.7 Å². The molecule has 45 heavy (non-hydrogen) atoms. The molecule has 7 heteroatoms. The summed E-state index contributed by atoms with van der Waals surface area (Å²) in [5.74, 6) is 0. The standard InChI is InChI=1S/C38H22N4O2S/c1-39-22-13-14-25-29-19-30-28(20-34(29)45-33(25)18-22)26-15-16-32-35(36(26)38(44)42(37(30)43)24-10-7-17-40-21-24)27-11-5-6-12-31(27)41(32)23-8-3-2-4-9-23/h2-16,18-21,40H,17H2. The average molecular weight is 599 g/mol. The molecule has 6 nitrogen and oxygen atoms in total. The zero-order valence-electron chi connectivity index (χ0n) is 23.7. The van der Waals surface area contributed by atoms with Gasteiger partial charge in [-0.05, 0) is 64.7 Å². The van der Waals surface area contributed by atoms with E-state index in [4.69, 9.17) is 6.57 Å². The molecule has 0 amide bonds. The van der Waals surface area contributed by atoms with Crippen LogP contribution in [-0.2, 0) is 0 Å². The van der Waals surface area contributed by atoms with Crippen molar-refractivity contribution in [2.75, 3.05) is 6.54 Å². The predicted octanol–water partition coefficient (Wildman–Crippen LogP) is 8.49. The van der Waals surface area contributed by atoms with Crippen LogP contribution in [0.4, 0.5) is 5.69 Å². The molecule has 0 radical (unpaired) electrons. The molecule has 0 aliphatic carbocycles. The molecule has 0 saturated heterocycles. The maximum atomic E-state index is 14.9. The monoisotopic (exact) mass is 598 g/mol. The van der Waals surface area contributed by atoms with Crippen molar-refractivity contribution in [2.24, 2.45) is 0 Å². The molecule has 212 valence electrons. The van der Waals surface area contributed by atoms with Gasteiger partial charge in [0.1, 0.15) is 0 Å². The molecule has 1 aliphatic heterocycles. The van der Waals surface area contributed by atoms with E-state index < -0.39 is 0 Å². The molecule has 9 rings (SSSR count). The van der Waals surface area contributed by atoms with Crippen molar-refractivity contribution >= 4 is 86.2 Å². The summed E-state index contributed by atoms with van der Waals surface area (Å²) < 4.78 is 5.49. The summed E-state index contributed by atoms with van der Waals surface area (Å²) in [5, 5.41) is 9.27. The molecule has 0 saturated carbocycles. The number of fused-ring (bicyclic) bond motifs is 10. The second kappa shape index (κ2) is 9.52. The zero-order valence-corrected chi connectivity index (χ0v) is 24.6. The topological polar surface area (TPSA) is 60.4 Å². The van der Waals surface area contributed by atoms with E-state index in [-0.39, 0.29) is 11.1 Å². The first kappa shape index (κ1) is 25.5. The summed E-state index contributed by atoms with van der Waals surface area (Å²) in [5.41, 5.74) is 3.21. The van der Waals surface area contributed by atoms with Crippen molar-refractivity contribution in [3.8, 4) is 5.69 Å². The fourth-order valence-corrected chi connectivity index (χ4v) is 7.96. The first-order valence-corrected chi connectivity index (χ1v) is 15.4. The first-order chi connectivity index (χ1) is 22.1. The van der Waals surface area contributed by atoms with Gasteiger partial charge in [0, 0.05) is 49.4 Å². The third-order valence-corrected chi connectivity index (χ3v) is 9.87. The fraction of sp³-hybridized carbons (Fsp3) is 0.0263. The number of aromatic nitrogens is 2. The van der Waals surface area contributed by atoms with Gasteiger partial charge < -0.3 is 9.88 Å². The third-order valence-electron chi connectivity index (χ3n) is 8.75. The van der Waals surface area contributed by atoms with Crippen LogP contribution in [0.25, 0.3) is 79.8 Å². The maximum absolute atomic E-state index is 14.9. The highest BCUT2D eigenvalue weighted by Crippen LogP contribution is 2.41. The highest BCUT2D eigenvalue weighted by Gasteiger charge is 2.21. The van der Waals surface area contributed by atoms with Crippen molar-refractivity contribution < 1.29 is 0 Å². The van der Waals surface area contributed by atoms with E-state index in [0.717, 1.165) is 58.4 Å². The molecule has 0 bridgehead atoms. The fourth-order valence-electron chi connectivity index (χ4n) is 6.80. The van der Waals surface area contributed by atoms with Crippen LogP contribution in [0.1, 0.15) is 0 Å².